The van der Waals surface area contributed by atoms with Gasteiger partial charge in [-0.05, 0) is 74.5 Å². The van der Waals surface area contributed by atoms with Gasteiger partial charge in [0.1, 0.15) is 11.6 Å². The van der Waals surface area contributed by atoms with Crippen molar-refractivity contribution in [1.29, 1.82) is 0 Å². The van der Waals surface area contributed by atoms with Crippen molar-refractivity contribution in [3.8, 4) is 5.75 Å². The summed E-state index contributed by atoms with van der Waals surface area (Å²) in [6.07, 6.45) is 3.56. The molecule has 0 radical (unpaired) electrons. The molecule has 0 saturated carbocycles. The number of aliphatic imine (C=N–C) groups is 1. The van der Waals surface area contributed by atoms with Crippen molar-refractivity contribution in [1.82, 2.24) is 15.1 Å². The molecule has 3 rings (SSSR count). The number of ether oxygens (including phenoxy) is 1. The number of aryl methyl sites for hydroxylation is 1. The quantitative estimate of drug-likeness (QED) is 0.236. The minimum absolute atomic E-state index is 0.0168. The van der Waals surface area contributed by atoms with Crippen LogP contribution in [0.1, 0.15) is 47.7 Å². The zero-order chi connectivity index (χ0) is 27.7. The molecule has 38 heavy (non-hydrogen) atoms. The second kappa shape index (κ2) is 14.2. The first-order valence-electron chi connectivity index (χ1n) is 12.9. The average Bonchev–Trinajstić information content (AvgIpc) is 3.36. The Balaban J connectivity index is 1.49. The van der Waals surface area contributed by atoms with Crippen LogP contribution in [-0.4, -0.2) is 74.0 Å². The predicted octanol–water partition coefficient (Wildman–Crippen LogP) is 3.76. The number of unbranched alkanes of at least 4 members (excludes halogenated alkanes) is 1. The number of nitrogens with zero attached hydrogens (tertiary/aromatic N) is 3. The number of amides is 2. The van der Waals surface area contributed by atoms with E-state index in [2.05, 4.69) is 31.1 Å². The minimum atomic E-state index is -0.486. The number of nitrogens with one attached hydrogen (secondary N) is 1. The molecule has 0 aromatic heterocycles. The van der Waals surface area contributed by atoms with E-state index in [-0.39, 0.29) is 23.5 Å². The van der Waals surface area contributed by atoms with Gasteiger partial charge >= 0.3 is 0 Å². The molecule has 206 valence electrons. The minimum Gasteiger partial charge on any atom is -0.496 e. The fourth-order valence-corrected chi connectivity index (χ4v) is 5.09. The lowest BCUT2D eigenvalue weighted by Gasteiger charge is -2.23. The van der Waals surface area contributed by atoms with Crippen molar-refractivity contribution in [3.05, 3.63) is 63.4 Å². The molecule has 1 aliphatic heterocycles. The highest BCUT2D eigenvalue weighted by Crippen LogP contribution is 2.25. The Morgan fingerprint density at radius 3 is 2.79 bits per heavy atom. The smallest absolute Gasteiger partial charge is 0.258 e. The molecule has 1 heterocycles. The predicted molar refractivity (Wildman–Crippen MR) is 151 cm³/mol. The summed E-state index contributed by atoms with van der Waals surface area (Å²) < 4.78 is 21.0. The standard InChI is InChI=1S/C28H37BrFN5O3/c1-19(36)34(2)22-13-16-35(18-22)15-5-4-14-32-28(31)33-27(37)24-7-6-8-25(30)23(24)11-9-20-17-21(29)10-12-26(20)38-3/h6-8,10,12,17,22H,4-5,9,11,13-16,18H2,1-3H3,(H3,31,32,33,37). The van der Waals surface area contributed by atoms with Crippen LogP contribution in [0.5, 0.6) is 5.75 Å². The third-order valence-electron chi connectivity index (χ3n) is 6.95. The second-order valence-electron chi connectivity index (χ2n) is 9.52. The topological polar surface area (TPSA) is 100 Å². The summed E-state index contributed by atoms with van der Waals surface area (Å²) in [7, 11) is 3.45. The number of carbonyl (C=O) groups is 2. The molecule has 1 fully saturated rings. The van der Waals surface area contributed by atoms with Gasteiger partial charge in [-0.3, -0.25) is 19.9 Å². The van der Waals surface area contributed by atoms with Crippen LogP contribution in [0.25, 0.3) is 0 Å². The summed E-state index contributed by atoms with van der Waals surface area (Å²) >= 11 is 3.45. The maximum Gasteiger partial charge on any atom is 0.258 e. The summed E-state index contributed by atoms with van der Waals surface area (Å²) in [5.41, 5.74) is 7.42. The van der Waals surface area contributed by atoms with E-state index in [0.29, 0.717) is 30.7 Å². The number of guanidine groups is 1. The van der Waals surface area contributed by atoms with Gasteiger partial charge in [-0.2, -0.15) is 0 Å². The lowest BCUT2D eigenvalue weighted by atomic mass is 9.98. The number of halogens is 2. The maximum absolute atomic E-state index is 14.7. The average molecular weight is 591 g/mol. The Kier molecular flexibility index (Phi) is 11.1. The van der Waals surface area contributed by atoms with E-state index in [1.54, 1.807) is 20.1 Å². The van der Waals surface area contributed by atoms with Crippen molar-refractivity contribution < 1.29 is 18.7 Å². The number of methoxy groups -OCH3 is 1. The lowest BCUT2D eigenvalue weighted by Crippen LogP contribution is -2.38. The molecule has 3 N–H and O–H groups in total. The molecule has 1 aliphatic rings. The number of rotatable bonds is 11. The zero-order valence-electron chi connectivity index (χ0n) is 22.3. The van der Waals surface area contributed by atoms with E-state index in [4.69, 9.17) is 10.5 Å². The molecule has 0 aliphatic carbocycles. The highest BCUT2D eigenvalue weighted by atomic mass is 79.9. The Bertz CT molecular complexity index is 1160. The van der Waals surface area contributed by atoms with Gasteiger partial charge in [0.15, 0.2) is 5.96 Å². The van der Waals surface area contributed by atoms with E-state index in [9.17, 15) is 14.0 Å². The fourth-order valence-electron chi connectivity index (χ4n) is 4.69. The van der Waals surface area contributed by atoms with E-state index in [0.717, 1.165) is 48.9 Å². The van der Waals surface area contributed by atoms with E-state index < -0.39 is 11.7 Å². The van der Waals surface area contributed by atoms with Crippen molar-refractivity contribution in [2.24, 2.45) is 10.7 Å². The molecular formula is C28H37BrFN5O3. The molecule has 2 amide bonds. The normalized spacial score (nSPS) is 15.9. The summed E-state index contributed by atoms with van der Waals surface area (Å²) in [4.78, 5) is 32.9. The van der Waals surface area contributed by atoms with E-state index in [1.165, 1.54) is 12.1 Å². The third kappa shape index (κ3) is 8.26. The summed E-state index contributed by atoms with van der Waals surface area (Å²) in [6, 6.07) is 10.4. The number of carbonyl (C=O) groups excluding carboxylic acids is 2. The largest absolute Gasteiger partial charge is 0.496 e. The van der Waals surface area contributed by atoms with E-state index in [1.807, 2.05) is 30.1 Å². The zero-order valence-corrected chi connectivity index (χ0v) is 23.9. The first-order valence-corrected chi connectivity index (χ1v) is 13.7. The first kappa shape index (κ1) is 29.6. The maximum atomic E-state index is 14.7. The van der Waals surface area contributed by atoms with Crippen LogP contribution in [-0.2, 0) is 17.6 Å². The molecule has 8 nitrogen and oxygen atoms in total. The van der Waals surface area contributed by atoms with Crippen LogP contribution in [0.4, 0.5) is 4.39 Å². The molecule has 1 atom stereocenters. The highest BCUT2D eigenvalue weighted by molar-refractivity contribution is 9.10. The van der Waals surface area contributed by atoms with Gasteiger partial charge in [-0.25, -0.2) is 4.39 Å². The molecule has 1 unspecified atom stereocenters. The number of likely N-dealkylation sites (N-methyl/N-ethyl adjacent to an activating group) is 1. The van der Waals surface area contributed by atoms with Crippen LogP contribution >= 0.6 is 15.9 Å². The Morgan fingerprint density at radius 2 is 2.05 bits per heavy atom. The van der Waals surface area contributed by atoms with Crippen LogP contribution in [0.3, 0.4) is 0 Å². The molecule has 10 heteroatoms. The van der Waals surface area contributed by atoms with Crippen molar-refractivity contribution in [2.45, 2.75) is 45.1 Å². The highest BCUT2D eigenvalue weighted by Gasteiger charge is 2.26. The van der Waals surface area contributed by atoms with Gasteiger partial charge in [-0.1, -0.05) is 22.0 Å². The number of hydrogen-bond donors (Lipinski definition) is 2. The number of benzene rings is 2. The van der Waals surface area contributed by atoms with Crippen LogP contribution < -0.4 is 15.8 Å². The Morgan fingerprint density at radius 1 is 1.26 bits per heavy atom. The lowest BCUT2D eigenvalue weighted by molar-refractivity contribution is -0.129. The molecule has 0 spiro atoms. The summed E-state index contributed by atoms with van der Waals surface area (Å²) in [5.74, 6) is -0.109. The number of hydrogen-bond acceptors (Lipinski definition) is 5. The molecular weight excluding hydrogens is 553 g/mol. The van der Waals surface area contributed by atoms with Crippen molar-refractivity contribution in [2.75, 3.05) is 40.3 Å². The first-order chi connectivity index (χ1) is 18.2. The van der Waals surface area contributed by atoms with Gasteiger partial charge in [0.2, 0.25) is 5.91 Å². The van der Waals surface area contributed by atoms with Gasteiger partial charge in [0, 0.05) is 55.2 Å². The fraction of sp³-hybridized carbons (Fsp3) is 0.464. The van der Waals surface area contributed by atoms with Crippen molar-refractivity contribution >= 4 is 33.7 Å². The number of likely N-dealkylation sites (tertiary alicyclic amines) is 1. The van der Waals surface area contributed by atoms with Gasteiger partial charge < -0.3 is 20.3 Å². The molecule has 1 saturated heterocycles. The molecule has 2 aromatic carbocycles. The van der Waals surface area contributed by atoms with Crippen LogP contribution in [0.2, 0.25) is 0 Å². The number of nitrogens with two attached hydrogens (primary N) is 1. The summed E-state index contributed by atoms with van der Waals surface area (Å²) in [6.45, 7) is 4.88. The van der Waals surface area contributed by atoms with Crippen LogP contribution in [0.15, 0.2) is 45.9 Å². The Hall–Kier alpha value is -2.98. The van der Waals surface area contributed by atoms with Gasteiger partial charge in [-0.15, -0.1) is 0 Å². The van der Waals surface area contributed by atoms with Crippen LogP contribution in [0, 0.1) is 5.82 Å². The van der Waals surface area contributed by atoms with Gasteiger partial charge in [0.25, 0.3) is 5.91 Å². The third-order valence-corrected chi connectivity index (χ3v) is 7.44. The second-order valence-corrected chi connectivity index (χ2v) is 10.4. The molecule has 2 aromatic rings. The van der Waals surface area contributed by atoms with Gasteiger partial charge in [0.05, 0.1) is 7.11 Å². The summed E-state index contributed by atoms with van der Waals surface area (Å²) in [5, 5.41) is 2.60. The molecule has 0 bridgehead atoms. The van der Waals surface area contributed by atoms with E-state index >= 15 is 0 Å². The SMILES string of the molecule is COc1ccc(Br)cc1CCc1c(F)cccc1C(=O)NC(N)=NCCCCN1CCC(N(C)C(C)=O)C1. The van der Waals surface area contributed by atoms with Crippen molar-refractivity contribution in [3.63, 3.8) is 0 Å². The monoisotopic (exact) mass is 589 g/mol. The Labute approximate surface area is 232 Å².